The van der Waals surface area contributed by atoms with Gasteiger partial charge in [0.15, 0.2) is 15.8 Å². The van der Waals surface area contributed by atoms with Crippen LogP contribution in [0.5, 0.6) is 0 Å². The van der Waals surface area contributed by atoms with E-state index in [0.29, 0.717) is 43.6 Å². The lowest BCUT2D eigenvalue weighted by Crippen LogP contribution is -2.56. The third-order valence-corrected chi connectivity index (χ3v) is 7.45. The molecule has 1 fully saturated rings. The fourth-order valence-electron chi connectivity index (χ4n) is 2.86. The summed E-state index contributed by atoms with van der Waals surface area (Å²) in [5, 5.41) is 3.78. The highest BCUT2D eigenvalue weighted by molar-refractivity contribution is 14.0. The molecule has 1 N–H and O–H groups in total. The van der Waals surface area contributed by atoms with Gasteiger partial charge in [0.05, 0.1) is 11.2 Å². The maximum Gasteiger partial charge on any atom is 0.227 e. The molecule has 0 unspecified atom stereocenters. The van der Waals surface area contributed by atoms with Crippen LogP contribution in [0.1, 0.15) is 19.4 Å². The van der Waals surface area contributed by atoms with Crippen molar-refractivity contribution in [3.8, 4) is 0 Å². The number of sulfone groups is 1. The number of aliphatic imine (C=N–C) groups is 1. The van der Waals surface area contributed by atoms with Gasteiger partial charge in [0, 0.05) is 51.0 Å². The Morgan fingerprint density at radius 2 is 1.79 bits per heavy atom. The third-order valence-electron chi connectivity index (χ3n) is 5.06. The Morgan fingerprint density at radius 3 is 2.31 bits per heavy atom. The van der Waals surface area contributed by atoms with Crippen molar-refractivity contribution < 1.29 is 13.2 Å². The van der Waals surface area contributed by atoms with Crippen molar-refractivity contribution in [3.05, 3.63) is 34.9 Å². The Kier molecular flexibility index (Phi) is 9.68. The number of benzene rings is 1. The van der Waals surface area contributed by atoms with Crippen molar-refractivity contribution in [2.45, 2.75) is 25.0 Å². The van der Waals surface area contributed by atoms with Gasteiger partial charge in [-0.05, 0) is 31.5 Å². The molecule has 29 heavy (non-hydrogen) atoms. The quantitative estimate of drug-likeness (QED) is 0.341. The fourth-order valence-corrected chi connectivity index (χ4v) is 3.40. The van der Waals surface area contributed by atoms with Crippen molar-refractivity contribution >= 4 is 57.3 Å². The van der Waals surface area contributed by atoms with E-state index in [-0.39, 0.29) is 36.4 Å². The number of nitrogens with zero attached hydrogens (tertiary/aromatic N) is 3. The first-order chi connectivity index (χ1) is 13.0. The molecule has 0 radical (unpaired) electrons. The average molecular weight is 557 g/mol. The van der Waals surface area contributed by atoms with Gasteiger partial charge in [0.1, 0.15) is 0 Å². The van der Waals surface area contributed by atoms with E-state index in [4.69, 9.17) is 11.6 Å². The van der Waals surface area contributed by atoms with Gasteiger partial charge in [-0.3, -0.25) is 9.79 Å². The molecule has 2 rings (SSSR count). The molecule has 7 nitrogen and oxygen atoms in total. The molecule has 0 aromatic heterocycles. The third kappa shape index (κ3) is 7.29. The molecule has 1 aromatic rings. The number of carbonyl (C=O) groups excluding carboxylic acids is 1. The summed E-state index contributed by atoms with van der Waals surface area (Å²) in [5.74, 6) is 0.724. The number of amides is 1. The first-order valence-corrected chi connectivity index (χ1v) is 11.5. The Bertz CT molecular complexity index is 838. The number of halogens is 2. The van der Waals surface area contributed by atoms with Crippen molar-refractivity contribution in [1.29, 1.82) is 0 Å². The summed E-state index contributed by atoms with van der Waals surface area (Å²) in [6.45, 7) is 6.11. The Labute approximate surface area is 195 Å². The minimum Gasteiger partial charge on any atom is -0.355 e. The van der Waals surface area contributed by atoms with Gasteiger partial charge in [0.2, 0.25) is 5.91 Å². The van der Waals surface area contributed by atoms with Crippen LogP contribution in [0.2, 0.25) is 5.02 Å². The number of hydrogen-bond donors (Lipinski definition) is 1. The molecule has 164 valence electrons. The lowest BCUT2D eigenvalue weighted by Gasteiger charge is -2.37. The molecule has 0 saturated carbocycles. The van der Waals surface area contributed by atoms with E-state index in [2.05, 4.69) is 10.3 Å². The molecule has 1 aliphatic heterocycles. The molecule has 1 aliphatic rings. The first-order valence-electron chi connectivity index (χ1n) is 9.21. The van der Waals surface area contributed by atoms with E-state index < -0.39 is 14.6 Å². The lowest BCUT2D eigenvalue weighted by atomic mass is 10.1. The zero-order valence-corrected chi connectivity index (χ0v) is 21.2. The number of carbonyl (C=O) groups is 1. The minimum absolute atomic E-state index is 0. The molecular weight excluding hydrogens is 527 g/mol. The molecule has 10 heteroatoms. The number of hydrogen-bond acceptors (Lipinski definition) is 4. The van der Waals surface area contributed by atoms with E-state index in [1.54, 1.807) is 27.0 Å². The van der Waals surface area contributed by atoms with E-state index in [1.807, 2.05) is 28.0 Å². The molecule has 0 spiro atoms. The summed E-state index contributed by atoms with van der Waals surface area (Å²) < 4.78 is 22.9. The van der Waals surface area contributed by atoms with Gasteiger partial charge in [0.25, 0.3) is 0 Å². The van der Waals surface area contributed by atoms with Gasteiger partial charge in [-0.15, -0.1) is 24.0 Å². The zero-order valence-electron chi connectivity index (χ0n) is 17.3. The molecule has 0 bridgehead atoms. The van der Waals surface area contributed by atoms with Crippen molar-refractivity contribution in [1.82, 2.24) is 15.1 Å². The van der Waals surface area contributed by atoms with Gasteiger partial charge in [-0.1, -0.05) is 23.7 Å². The highest BCUT2D eigenvalue weighted by Gasteiger charge is 2.31. The van der Waals surface area contributed by atoms with Crippen molar-refractivity contribution in [2.24, 2.45) is 4.99 Å². The van der Waals surface area contributed by atoms with Gasteiger partial charge in [-0.25, -0.2) is 8.42 Å². The minimum atomic E-state index is -3.19. The topological polar surface area (TPSA) is 82.1 Å². The lowest BCUT2D eigenvalue weighted by molar-refractivity contribution is -0.131. The standard InChI is InChI=1S/C19H29ClN4O3S.HI/c1-19(2,28(4,26)27)14-22-18(21-3)24-10-8-23(9-11-24)17(25)13-15-6-5-7-16(20)12-15;/h5-7,12H,8-11,13-14H2,1-4H3,(H,21,22);1H. The van der Waals surface area contributed by atoms with Crippen LogP contribution in [0.15, 0.2) is 29.3 Å². The summed E-state index contributed by atoms with van der Waals surface area (Å²) >= 11 is 5.98. The average Bonchev–Trinajstić information content (AvgIpc) is 2.61. The smallest absolute Gasteiger partial charge is 0.227 e. The Hall–Kier alpha value is -1.07. The van der Waals surface area contributed by atoms with Crippen LogP contribution in [0, 0.1) is 0 Å². The second-order valence-corrected chi connectivity index (χ2v) is 10.7. The van der Waals surface area contributed by atoms with Crippen LogP contribution in [-0.4, -0.2) is 80.9 Å². The summed E-state index contributed by atoms with van der Waals surface area (Å²) in [5.41, 5.74) is 0.903. The number of nitrogens with one attached hydrogen (secondary N) is 1. The van der Waals surface area contributed by atoms with Crippen LogP contribution >= 0.6 is 35.6 Å². The number of piperazine rings is 1. The second kappa shape index (κ2) is 10.8. The normalized spacial score (nSPS) is 15.7. The zero-order chi connectivity index (χ0) is 20.9. The number of rotatable bonds is 5. The molecule has 1 amide bonds. The van der Waals surface area contributed by atoms with E-state index in [0.717, 1.165) is 5.56 Å². The van der Waals surface area contributed by atoms with Crippen LogP contribution in [-0.2, 0) is 21.1 Å². The monoisotopic (exact) mass is 556 g/mol. The van der Waals surface area contributed by atoms with Crippen LogP contribution < -0.4 is 5.32 Å². The molecular formula is C19H30ClIN4O3S. The summed E-state index contributed by atoms with van der Waals surface area (Å²) in [7, 11) is -1.52. The summed E-state index contributed by atoms with van der Waals surface area (Å²) in [6, 6.07) is 7.34. The summed E-state index contributed by atoms with van der Waals surface area (Å²) in [6.07, 6.45) is 1.57. The Balaban J connectivity index is 0.00000420. The van der Waals surface area contributed by atoms with Gasteiger partial charge in [-0.2, -0.15) is 0 Å². The maximum absolute atomic E-state index is 12.5. The predicted octanol–water partition coefficient (Wildman–Crippen LogP) is 2.04. The molecule has 0 atom stereocenters. The van der Waals surface area contributed by atoms with Gasteiger partial charge >= 0.3 is 0 Å². The molecule has 1 saturated heterocycles. The van der Waals surface area contributed by atoms with Crippen molar-refractivity contribution in [2.75, 3.05) is 46.0 Å². The molecule has 1 heterocycles. The van der Waals surface area contributed by atoms with E-state index in [9.17, 15) is 13.2 Å². The highest BCUT2D eigenvalue weighted by atomic mass is 127. The SMILES string of the molecule is CN=C(NCC(C)(C)S(C)(=O)=O)N1CCN(C(=O)Cc2cccc(Cl)c2)CC1.I. The predicted molar refractivity (Wildman–Crippen MR) is 129 cm³/mol. The second-order valence-electron chi connectivity index (χ2n) is 7.61. The fraction of sp³-hybridized carbons (Fsp3) is 0.579. The largest absolute Gasteiger partial charge is 0.355 e. The first kappa shape index (κ1) is 26.0. The van der Waals surface area contributed by atoms with Crippen molar-refractivity contribution in [3.63, 3.8) is 0 Å². The van der Waals surface area contributed by atoms with Crippen LogP contribution in [0.4, 0.5) is 0 Å². The van der Waals surface area contributed by atoms with Crippen LogP contribution in [0.25, 0.3) is 0 Å². The summed E-state index contributed by atoms with van der Waals surface area (Å²) in [4.78, 5) is 20.7. The Morgan fingerprint density at radius 1 is 1.21 bits per heavy atom. The number of guanidine groups is 1. The van der Waals surface area contributed by atoms with E-state index in [1.165, 1.54) is 6.26 Å². The maximum atomic E-state index is 12.5. The van der Waals surface area contributed by atoms with E-state index >= 15 is 0 Å². The highest BCUT2D eigenvalue weighted by Crippen LogP contribution is 2.15. The van der Waals surface area contributed by atoms with Gasteiger partial charge < -0.3 is 15.1 Å². The van der Waals surface area contributed by atoms with Crippen LogP contribution in [0.3, 0.4) is 0 Å². The molecule has 1 aromatic carbocycles. The molecule has 0 aliphatic carbocycles.